The van der Waals surface area contributed by atoms with Crippen LogP contribution < -0.4 is 21.7 Å². The van der Waals surface area contributed by atoms with E-state index in [9.17, 15) is 24.3 Å². The summed E-state index contributed by atoms with van der Waals surface area (Å²) in [7, 11) is 0. The van der Waals surface area contributed by atoms with Gasteiger partial charge in [0.1, 0.15) is 18.1 Å². The Kier molecular flexibility index (Phi) is 11.2. The summed E-state index contributed by atoms with van der Waals surface area (Å²) in [5, 5.41) is 18.2. The number of hydrogen-bond acceptors (Lipinski definition) is 6. The zero-order valence-electron chi connectivity index (χ0n) is 22.6. The molecule has 2 aromatic carbocycles. The number of H-pyrrole nitrogens is 1. The van der Waals surface area contributed by atoms with E-state index in [4.69, 9.17) is 5.73 Å². The number of aliphatic carboxylic acids is 1. The Morgan fingerprint density at radius 3 is 2.10 bits per heavy atom. The van der Waals surface area contributed by atoms with Gasteiger partial charge in [-0.05, 0) is 36.0 Å². The third kappa shape index (κ3) is 8.59. The van der Waals surface area contributed by atoms with Crippen molar-refractivity contribution in [3.8, 4) is 0 Å². The van der Waals surface area contributed by atoms with Crippen LogP contribution in [0.15, 0.2) is 60.8 Å². The van der Waals surface area contributed by atoms with Crippen LogP contribution in [0.4, 0.5) is 0 Å². The van der Waals surface area contributed by atoms with Gasteiger partial charge in [0, 0.05) is 29.3 Å². The van der Waals surface area contributed by atoms with Crippen LogP contribution in [0, 0.1) is 5.92 Å². The second-order valence-electron chi connectivity index (χ2n) is 10.2. The van der Waals surface area contributed by atoms with Gasteiger partial charge in [0.2, 0.25) is 17.7 Å². The van der Waals surface area contributed by atoms with Crippen LogP contribution in [-0.4, -0.2) is 63.7 Å². The molecule has 3 aromatic rings. The summed E-state index contributed by atoms with van der Waals surface area (Å²) in [6.07, 6.45) is 2.46. The van der Waals surface area contributed by atoms with Crippen LogP contribution in [0.1, 0.15) is 31.4 Å². The highest BCUT2D eigenvalue weighted by molar-refractivity contribution is 7.80. The van der Waals surface area contributed by atoms with Crippen LogP contribution in [-0.2, 0) is 32.0 Å². The predicted molar refractivity (Wildman–Crippen MR) is 157 cm³/mol. The molecular formula is C29H37N5O5S. The molecule has 11 heteroatoms. The number of nitrogens with two attached hydrogens (primary N) is 1. The van der Waals surface area contributed by atoms with E-state index >= 15 is 0 Å². The van der Waals surface area contributed by atoms with Gasteiger partial charge in [-0.1, -0.05) is 62.4 Å². The van der Waals surface area contributed by atoms with Crippen LogP contribution in [0.2, 0.25) is 0 Å². The van der Waals surface area contributed by atoms with Gasteiger partial charge in [-0.25, -0.2) is 4.79 Å². The third-order valence-corrected chi connectivity index (χ3v) is 6.87. The Morgan fingerprint density at radius 2 is 1.45 bits per heavy atom. The maximum Gasteiger partial charge on any atom is 0.327 e. The summed E-state index contributed by atoms with van der Waals surface area (Å²) < 4.78 is 0. The first-order valence-corrected chi connectivity index (χ1v) is 13.8. The Labute approximate surface area is 238 Å². The molecule has 0 aliphatic rings. The second kappa shape index (κ2) is 14.5. The molecule has 0 spiro atoms. The predicted octanol–water partition coefficient (Wildman–Crippen LogP) is 1.80. The van der Waals surface area contributed by atoms with E-state index in [1.807, 2.05) is 68.4 Å². The van der Waals surface area contributed by atoms with Crippen molar-refractivity contribution >= 4 is 47.2 Å². The number of aromatic nitrogens is 1. The van der Waals surface area contributed by atoms with Gasteiger partial charge in [0.25, 0.3) is 0 Å². The van der Waals surface area contributed by atoms with E-state index in [-0.39, 0.29) is 18.1 Å². The lowest BCUT2D eigenvalue weighted by Gasteiger charge is -2.26. The summed E-state index contributed by atoms with van der Waals surface area (Å²) in [6, 6.07) is 12.7. The van der Waals surface area contributed by atoms with Crippen LogP contribution in [0.25, 0.3) is 10.9 Å². The first kappa shape index (κ1) is 30.7. The standard InChI is InChI=1S/C29H37N5O5S/c1-17(2)12-23(32-26(35)21(30)13-18-8-4-3-5-9-18)27(36)33-24(28(37)34-25(16-40)29(38)39)14-19-15-31-22-11-7-6-10-20(19)22/h3-11,15,17,21,23-25,31,40H,12-14,16,30H2,1-2H3,(H,32,35)(H,33,36)(H,34,37)(H,38,39). The number of carbonyl (C=O) groups is 4. The first-order valence-electron chi connectivity index (χ1n) is 13.2. The number of thiol groups is 1. The lowest BCUT2D eigenvalue weighted by molar-refractivity contribution is -0.141. The van der Waals surface area contributed by atoms with Crippen LogP contribution >= 0.6 is 12.6 Å². The molecular weight excluding hydrogens is 530 g/mol. The average Bonchev–Trinajstić information content (AvgIpc) is 3.33. The summed E-state index contributed by atoms with van der Waals surface area (Å²) >= 11 is 4.02. The zero-order valence-corrected chi connectivity index (χ0v) is 23.5. The van der Waals surface area contributed by atoms with Crippen molar-refractivity contribution in [1.82, 2.24) is 20.9 Å². The van der Waals surface area contributed by atoms with Gasteiger partial charge < -0.3 is 31.8 Å². The van der Waals surface area contributed by atoms with Crippen molar-refractivity contribution < 1.29 is 24.3 Å². The molecule has 0 saturated carbocycles. The number of para-hydroxylation sites is 1. The van der Waals surface area contributed by atoms with Gasteiger partial charge in [-0.3, -0.25) is 14.4 Å². The second-order valence-corrected chi connectivity index (χ2v) is 10.6. The molecule has 0 aliphatic heterocycles. The zero-order chi connectivity index (χ0) is 29.2. The van der Waals surface area contributed by atoms with Crippen molar-refractivity contribution in [3.63, 3.8) is 0 Å². The molecule has 214 valence electrons. The summed E-state index contributed by atoms with van der Waals surface area (Å²) in [5.74, 6) is -3.04. The lowest BCUT2D eigenvalue weighted by atomic mass is 9.99. The Hall–Kier alpha value is -3.83. The number of rotatable bonds is 14. The van der Waals surface area contributed by atoms with Gasteiger partial charge in [-0.15, -0.1) is 0 Å². The summed E-state index contributed by atoms with van der Waals surface area (Å²) in [4.78, 5) is 54.4. The molecule has 1 heterocycles. The van der Waals surface area contributed by atoms with E-state index in [2.05, 4.69) is 33.6 Å². The molecule has 4 unspecified atom stereocenters. The first-order chi connectivity index (χ1) is 19.1. The maximum atomic E-state index is 13.5. The largest absolute Gasteiger partial charge is 0.480 e. The molecule has 1 aromatic heterocycles. The molecule has 7 N–H and O–H groups in total. The van der Waals surface area contributed by atoms with Crippen LogP contribution in [0.3, 0.4) is 0 Å². The highest BCUT2D eigenvalue weighted by atomic mass is 32.1. The third-order valence-electron chi connectivity index (χ3n) is 6.50. The highest BCUT2D eigenvalue weighted by Gasteiger charge is 2.31. The minimum atomic E-state index is -1.24. The van der Waals surface area contributed by atoms with Crippen molar-refractivity contribution in [2.24, 2.45) is 11.7 Å². The molecule has 0 saturated heterocycles. The number of hydrogen-bond donors (Lipinski definition) is 7. The van der Waals surface area contributed by atoms with E-state index < -0.39 is 47.9 Å². The molecule has 0 aliphatic carbocycles. The smallest absolute Gasteiger partial charge is 0.327 e. The molecule has 0 radical (unpaired) electrons. The average molecular weight is 568 g/mol. The topological polar surface area (TPSA) is 166 Å². The van der Waals surface area contributed by atoms with Gasteiger partial charge in [-0.2, -0.15) is 12.6 Å². The van der Waals surface area contributed by atoms with E-state index in [0.717, 1.165) is 22.0 Å². The molecule has 0 bridgehead atoms. The highest BCUT2D eigenvalue weighted by Crippen LogP contribution is 2.19. The summed E-state index contributed by atoms with van der Waals surface area (Å²) in [6.45, 7) is 3.83. The molecule has 40 heavy (non-hydrogen) atoms. The Bertz CT molecular complexity index is 1310. The van der Waals surface area contributed by atoms with Gasteiger partial charge in [0.05, 0.1) is 6.04 Å². The monoisotopic (exact) mass is 567 g/mol. The van der Waals surface area contributed by atoms with Crippen molar-refractivity contribution in [1.29, 1.82) is 0 Å². The van der Waals surface area contributed by atoms with E-state index in [1.165, 1.54) is 0 Å². The van der Waals surface area contributed by atoms with Crippen LogP contribution in [0.5, 0.6) is 0 Å². The van der Waals surface area contributed by atoms with E-state index in [1.54, 1.807) is 6.20 Å². The molecule has 3 rings (SSSR count). The number of carboxylic acid groups (broad SMARTS) is 1. The molecule has 4 atom stereocenters. The van der Waals surface area contributed by atoms with Crippen molar-refractivity contribution in [3.05, 3.63) is 71.9 Å². The number of fused-ring (bicyclic) bond motifs is 1. The normalized spacial score (nSPS) is 14.2. The number of carboxylic acids is 1. The fourth-order valence-corrected chi connectivity index (χ4v) is 4.65. The quantitative estimate of drug-likeness (QED) is 0.147. The minimum absolute atomic E-state index is 0.0443. The minimum Gasteiger partial charge on any atom is -0.480 e. The molecule has 0 fully saturated rings. The number of aromatic amines is 1. The molecule has 3 amide bonds. The Balaban J connectivity index is 1.80. The number of nitrogens with one attached hydrogen (secondary N) is 4. The van der Waals surface area contributed by atoms with E-state index in [0.29, 0.717) is 12.8 Å². The van der Waals surface area contributed by atoms with Crippen molar-refractivity contribution in [2.45, 2.75) is 57.3 Å². The number of benzene rings is 2. The summed E-state index contributed by atoms with van der Waals surface area (Å²) in [5.41, 5.74) is 8.66. The van der Waals surface area contributed by atoms with Gasteiger partial charge >= 0.3 is 5.97 Å². The Morgan fingerprint density at radius 1 is 0.850 bits per heavy atom. The maximum absolute atomic E-state index is 13.5. The van der Waals surface area contributed by atoms with Crippen molar-refractivity contribution in [2.75, 3.05) is 5.75 Å². The number of carbonyl (C=O) groups excluding carboxylic acids is 3. The fourth-order valence-electron chi connectivity index (χ4n) is 4.40. The molecule has 10 nitrogen and oxygen atoms in total. The fraction of sp³-hybridized carbons (Fsp3) is 0.379. The number of amides is 3. The SMILES string of the molecule is CC(C)CC(NC(=O)C(N)Cc1ccccc1)C(=O)NC(Cc1c[nH]c2ccccc12)C(=O)NC(CS)C(=O)O. The van der Waals surface area contributed by atoms with Gasteiger partial charge in [0.15, 0.2) is 0 Å². The lowest BCUT2D eigenvalue weighted by Crippen LogP contribution is -2.58.